The number of nitrogens with one attached hydrogen (secondary N) is 3. The number of fused-ring (bicyclic) bond motifs is 2. The Balaban J connectivity index is 1.48. The summed E-state index contributed by atoms with van der Waals surface area (Å²) < 4.78 is 5.86. The fourth-order valence-corrected chi connectivity index (χ4v) is 5.36. The van der Waals surface area contributed by atoms with E-state index in [4.69, 9.17) is 4.74 Å². The first-order chi connectivity index (χ1) is 18.6. The van der Waals surface area contributed by atoms with Crippen LogP contribution in [0.15, 0.2) is 36.4 Å². The van der Waals surface area contributed by atoms with E-state index in [0.29, 0.717) is 36.9 Å². The summed E-state index contributed by atoms with van der Waals surface area (Å²) in [6.07, 6.45) is 4.91. The number of hydrogen-bond donors (Lipinski definition) is 4. The van der Waals surface area contributed by atoms with Crippen molar-refractivity contribution in [3.05, 3.63) is 58.8 Å². The maximum atomic E-state index is 13.4. The quantitative estimate of drug-likeness (QED) is 0.427. The number of nitrogens with zero attached hydrogens (tertiary/aromatic N) is 1. The monoisotopic (exact) mass is 536 g/mol. The van der Waals surface area contributed by atoms with Crippen molar-refractivity contribution < 1.29 is 14.6 Å². The molecule has 1 saturated carbocycles. The van der Waals surface area contributed by atoms with E-state index in [1.54, 1.807) is 6.07 Å². The van der Waals surface area contributed by atoms with Crippen molar-refractivity contribution >= 4 is 11.7 Å². The zero-order chi connectivity index (χ0) is 28.0. The second-order valence-electron chi connectivity index (χ2n) is 12.7. The lowest BCUT2D eigenvalue weighted by Gasteiger charge is -2.29. The van der Waals surface area contributed by atoms with Gasteiger partial charge >= 0.3 is 0 Å². The summed E-state index contributed by atoms with van der Waals surface area (Å²) in [6.45, 7) is 13.4. The number of rotatable bonds is 5. The number of carbonyl (C=O) groups excluding carboxylic acids is 1. The average molecular weight is 537 g/mol. The van der Waals surface area contributed by atoms with E-state index in [1.807, 2.05) is 13.0 Å². The summed E-state index contributed by atoms with van der Waals surface area (Å²) >= 11 is 0. The lowest BCUT2D eigenvalue weighted by molar-refractivity contribution is 0.0752. The van der Waals surface area contributed by atoms with Crippen LogP contribution in [0.25, 0.3) is 0 Å². The molecule has 0 saturated heterocycles. The van der Waals surface area contributed by atoms with Crippen LogP contribution in [0.5, 0.6) is 0 Å². The molecule has 39 heavy (non-hydrogen) atoms. The molecular formula is C32H48N4O3. The van der Waals surface area contributed by atoms with Crippen LogP contribution in [0.2, 0.25) is 0 Å². The van der Waals surface area contributed by atoms with Gasteiger partial charge in [-0.05, 0) is 80.0 Å². The Morgan fingerprint density at radius 3 is 2.72 bits per heavy atom. The predicted octanol–water partition coefficient (Wildman–Crippen LogP) is 5.06. The molecular weight excluding hydrogens is 488 g/mol. The highest BCUT2D eigenvalue weighted by Gasteiger charge is 2.44. The van der Waals surface area contributed by atoms with Gasteiger partial charge in [-0.2, -0.15) is 0 Å². The third kappa shape index (κ3) is 8.26. The minimum absolute atomic E-state index is 0.0835. The number of aliphatic hydroxyl groups excluding tert-OH is 1. The summed E-state index contributed by atoms with van der Waals surface area (Å²) in [6, 6.07) is 12.1. The molecule has 2 heterocycles. The van der Waals surface area contributed by atoms with Crippen LogP contribution < -0.4 is 16.0 Å². The van der Waals surface area contributed by atoms with Gasteiger partial charge in [0, 0.05) is 43.1 Å². The van der Waals surface area contributed by atoms with Gasteiger partial charge in [0.05, 0.1) is 12.1 Å². The summed E-state index contributed by atoms with van der Waals surface area (Å²) in [4.78, 5) is 17.9. The molecule has 7 nitrogen and oxygen atoms in total. The first-order valence-electron chi connectivity index (χ1n) is 14.7. The van der Waals surface area contributed by atoms with Gasteiger partial charge in [0.25, 0.3) is 5.91 Å². The smallest absolute Gasteiger partial charge is 0.251 e. The molecule has 0 radical (unpaired) electrons. The summed E-state index contributed by atoms with van der Waals surface area (Å²) in [5, 5.41) is 21.6. The lowest BCUT2D eigenvalue weighted by atomic mass is 9.85. The SMILES string of the molecule is Cc1cc2cc(n1)NCCCCOCC[C@@H](C)C[C@@H]([C@H](O)CNC1(c3cccc(C(C)(C)C)c3)CC1)NC2=O. The van der Waals surface area contributed by atoms with Gasteiger partial charge in [0.1, 0.15) is 5.82 Å². The Hall–Kier alpha value is -2.48. The molecule has 1 aliphatic carbocycles. The summed E-state index contributed by atoms with van der Waals surface area (Å²) in [5.74, 6) is 0.822. The maximum absolute atomic E-state index is 13.4. The molecule has 1 aromatic heterocycles. The molecule has 1 aliphatic heterocycles. The van der Waals surface area contributed by atoms with E-state index in [2.05, 4.69) is 72.9 Å². The predicted molar refractivity (Wildman–Crippen MR) is 157 cm³/mol. The van der Waals surface area contributed by atoms with Crippen LogP contribution in [0.1, 0.15) is 93.4 Å². The van der Waals surface area contributed by atoms with Crippen molar-refractivity contribution in [1.82, 2.24) is 15.6 Å². The second-order valence-corrected chi connectivity index (χ2v) is 12.7. The molecule has 4 N–H and O–H groups in total. The molecule has 2 bridgehead atoms. The van der Waals surface area contributed by atoms with E-state index >= 15 is 0 Å². The molecule has 4 rings (SSSR count). The first kappa shape index (κ1) is 29.5. The van der Waals surface area contributed by atoms with Crippen LogP contribution in [0, 0.1) is 12.8 Å². The van der Waals surface area contributed by atoms with Gasteiger partial charge < -0.3 is 25.8 Å². The largest absolute Gasteiger partial charge is 0.390 e. The fourth-order valence-electron chi connectivity index (χ4n) is 5.36. The Bertz CT molecular complexity index is 1110. The lowest BCUT2D eigenvalue weighted by Crippen LogP contribution is -2.49. The van der Waals surface area contributed by atoms with Crippen molar-refractivity contribution in [3.63, 3.8) is 0 Å². The van der Waals surface area contributed by atoms with Crippen LogP contribution in [0.4, 0.5) is 5.82 Å². The third-order valence-electron chi connectivity index (χ3n) is 8.11. The highest BCUT2D eigenvalue weighted by molar-refractivity contribution is 5.95. The zero-order valence-electron chi connectivity index (χ0n) is 24.5. The van der Waals surface area contributed by atoms with E-state index in [1.165, 1.54) is 11.1 Å². The normalized spacial score (nSPS) is 23.4. The van der Waals surface area contributed by atoms with E-state index in [9.17, 15) is 9.90 Å². The van der Waals surface area contributed by atoms with Gasteiger partial charge in [-0.25, -0.2) is 4.98 Å². The molecule has 7 heteroatoms. The van der Waals surface area contributed by atoms with E-state index in [0.717, 1.165) is 50.9 Å². The number of amides is 1. The van der Waals surface area contributed by atoms with Gasteiger partial charge in [-0.15, -0.1) is 0 Å². The Morgan fingerprint density at radius 2 is 1.97 bits per heavy atom. The van der Waals surface area contributed by atoms with E-state index in [-0.39, 0.29) is 22.9 Å². The number of anilines is 1. The standard InChI is InChI=1S/C32H48N4O3/c1-22-11-16-39-15-7-6-14-33-29-19-24(18-23(2)35-29)30(38)36-27(17-22)28(37)21-34-32(12-13-32)26-10-8-9-25(20-26)31(3,4)5/h8-10,18-20,22,27-28,34,37H,6-7,11-17,21H2,1-5H3,(H,33,35)(H,36,38)/t22-,27+,28-/m1/s1. The molecule has 1 aromatic carbocycles. The van der Waals surface area contributed by atoms with Crippen molar-refractivity contribution in [1.29, 1.82) is 0 Å². The zero-order valence-corrected chi connectivity index (χ0v) is 24.5. The van der Waals surface area contributed by atoms with Crippen molar-refractivity contribution in [2.45, 2.75) is 96.2 Å². The third-order valence-corrected chi connectivity index (χ3v) is 8.11. The minimum atomic E-state index is -0.722. The summed E-state index contributed by atoms with van der Waals surface area (Å²) in [5.41, 5.74) is 3.93. The topological polar surface area (TPSA) is 95.5 Å². The molecule has 0 spiro atoms. The van der Waals surface area contributed by atoms with Gasteiger partial charge in [0.2, 0.25) is 0 Å². The van der Waals surface area contributed by atoms with Gasteiger partial charge in [0.15, 0.2) is 0 Å². The van der Waals surface area contributed by atoms with Crippen LogP contribution >= 0.6 is 0 Å². The number of pyridine rings is 1. The molecule has 1 amide bonds. The number of benzene rings is 1. The van der Waals surface area contributed by atoms with Crippen molar-refractivity contribution in [2.24, 2.45) is 5.92 Å². The Labute approximate surface area is 234 Å². The molecule has 2 aromatic rings. The minimum Gasteiger partial charge on any atom is -0.390 e. The highest BCUT2D eigenvalue weighted by Crippen LogP contribution is 2.46. The van der Waals surface area contributed by atoms with Crippen molar-refractivity contribution in [3.8, 4) is 0 Å². The number of aliphatic hydroxyl groups is 1. The second kappa shape index (κ2) is 12.8. The van der Waals surface area contributed by atoms with Gasteiger partial charge in [-0.1, -0.05) is 52.0 Å². The molecule has 0 unspecified atom stereocenters. The Kier molecular flexibility index (Phi) is 9.68. The number of aromatic nitrogens is 1. The number of aryl methyl sites for hydroxylation is 1. The number of carbonyl (C=O) groups is 1. The summed E-state index contributed by atoms with van der Waals surface area (Å²) in [7, 11) is 0. The van der Waals surface area contributed by atoms with Crippen LogP contribution in [-0.4, -0.2) is 54.4 Å². The van der Waals surface area contributed by atoms with Gasteiger partial charge in [-0.3, -0.25) is 4.79 Å². The number of ether oxygens (including phenoxy) is 1. The van der Waals surface area contributed by atoms with E-state index < -0.39 is 6.10 Å². The fraction of sp³-hybridized carbons (Fsp3) is 0.625. The molecule has 3 atom stereocenters. The maximum Gasteiger partial charge on any atom is 0.251 e. The molecule has 214 valence electrons. The van der Waals surface area contributed by atoms with Crippen LogP contribution in [-0.2, 0) is 15.7 Å². The van der Waals surface area contributed by atoms with Crippen LogP contribution in [0.3, 0.4) is 0 Å². The Morgan fingerprint density at radius 1 is 1.18 bits per heavy atom. The molecule has 2 aliphatic rings. The average Bonchev–Trinajstić information content (AvgIpc) is 3.68. The molecule has 1 fully saturated rings. The highest BCUT2D eigenvalue weighted by atomic mass is 16.5. The number of hydrogen-bond acceptors (Lipinski definition) is 6. The van der Waals surface area contributed by atoms with Crippen molar-refractivity contribution in [2.75, 3.05) is 31.6 Å². The first-order valence-corrected chi connectivity index (χ1v) is 14.7.